The van der Waals surface area contributed by atoms with Crippen LogP contribution in [0, 0.1) is 5.92 Å². The van der Waals surface area contributed by atoms with Gasteiger partial charge in [-0.15, -0.1) is 0 Å². The van der Waals surface area contributed by atoms with E-state index in [0.717, 1.165) is 17.2 Å². The average Bonchev–Trinajstić information content (AvgIpc) is 2.71. The average molecular weight is 457 g/mol. The Morgan fingerprint density at radius 3 is 2.30 bits per heavy atom. The smallest absolute Gasteiger partial charge is 0.193 e. The third-order valence-electron chi connectivity index (χ3n) is 5.20. The van der Waals surface area contributed by atoms with Gasteiger partial charge in [-0.1, -0.05) is 23.8 Å². The SMILES string of the molecule is C=C(C)C(CC=C(C)C)Cc1c(O)cc(OC)c(C(=O)/C=C/c2ccc(O)cc2O)c1O.O. The number of methoxy groups -OCH3 is 1. The highest BCUT2D eigenvalue weighted by Gasteiger charge is 2.24. The molecule has 0 bridgehead atoms. The highest BCUT2D eigenvalue weighted by molar-refractivity contribution is 6.11. The van der Waals surface area contributed by atoms with Crippen LogP contribution in [0.15, 0.2) is 54.1 Å². The van der Waals surface area contributed by atoms with Crippen LogP contribution in [0.1, 0.15) is 48.7 Å². The van der Waals surface area contributed by atoms with Gasteiger partial charge >= 0.3 is 0 Å². The molecule has 2 aromatic rings. The van der Waals surface area contributed by atoms with E-state index in [2.05, 4.69) is 12.7 Å². The van der Waals surface area contributed by atoms with E-state index in [-0.39, 0.29) is 51.3 Å². The van der Waals surface area contributed by atoms with Gasteiger partial charge in [0.25, 0.3) is 0 Å². The van der Waals surface area contributed by atoms with Gasteiger partial charge in [-0.25, -0.2) is 0 Å². The second-order valence-corrected chi connectivity index (χ2v) is 8.01. The molecule has 0 saturated heterocycles. The summed E-state index contributed by atoms with van der Waals surface area (Å²) in [6.45, 7) is 9.90. The Bertz CT molecular complexity index is 1080. The fraction of sp³-hybridized carbons (Fsp3) is 0.269. The molecule has 6 N–H and O–H groups in total. The van der Waals surface area contributed by atoms with Crippen LogP contribution in [0.3, 0.4) is 0 Å². The zero-order chi connectivity index (χ0) is 24.0. The molecule has 1 atom stereocenters. The summed E-state index contributed by atoms with van der Waals surface area (Å²) in [6.07, 6.45) is 5.60. The van der Waals surface area contributed by atoms with Crippen molar-refractivity contribution in [1.82, 2.24) is 0 Å². The summed E-state index contributed by atoms with van der Waals surface area (Å²) < 4.78 is 5.22. The van der Waals surface area contributed by atoms with Crippen molar-refractivity contribution in [3.05, 3.63) is 70.8 Å². The maximum atomic E-state index is 12.9. The second-order valence-electron chi connectivity index (χ2n) is 8.01. The van der Waals surface area contributed by atoms with Gasteiger partial charge in [0.2, 0.25) is 0 Å². The van der Waals surface area contributed by atoms with Crippen molar-refractivity contribution in [3.63, 3.8) is 0 Å². The van der Waals surface area contributed by atoms with Crippen molar-refractivity contribution in [2.75, 3.05) is 7.11 Å². The molecule has 178 valence electrons. The zero-order valence-corrected chi connectivity index (χ0v) is 19.3. The van der Waals surface area contributed by atoms with Gasteiger partial charge in [0, 0.05) is 23.3 Å². The monoisotopic (exact) mass is 456 g/mol. The van der Waals surface area contributed by atoms with Crippen molar-refractivity contribution in [2.24, 2.45) is 5.92 Å². The van der Waals surface area contributed by atoms with Gasteiger partial charge in [0.15, 0.2) is 5.78 Å². The molecular formula is C26H32O7. The number of hydrogen-bond donors (Lipinski definition) is 4. The molecule has 33 heavy (non-hydrogen) atoms. The summed E-state index contributed by atoms with van der Waals surface area (Å²) in [5.74, 6) is -1.39. The minimum atomic E-state index is -0.566. The maximum Gasteiger partial charge on any atom is 0.193 e. The Morgan fingerprint density at radius 1 is 1.09 bits per heavy atom. The lowest BCUT2D eigenvalue weighted by Gasteiger charge is -2.19. The van der Waals surface area contributed by atoms with Crippen LogP contribution in [0.25, 0.3) is 6.08 Å². The van der Waals surface area contributed by atoms with Crippen LogP contribution in [-0.2, 0) is 6.42 Å². The molecule has 0 aliphatic carbocycles. The number of ketones is 1. The first-order chi connectivity index (χ1) is 15.0. The molecule has 0 aromatic heterocycles. The molecule has 0 aliphatic rings. The molecule has 0 saturated carbocycles. The topological polar surface area (TPSA) is 139 Å². The lowest BCUT2D eigenvalue weighted by atomic mass is 9.88. The Hall–Kier alpha value is -3.71. The number of ether oxygens (including phenoxy) is 1. The third kappa shape index (κ3) is 6.89. The number of hydrogen-bond acceptors (Lipinski definition) is 6. The summed E-state index contributed by atoms with van der Waals surface area (Å²) in [7, 11) is 1.34. The van der Waals surface area contributed by atoms with Crippen LogP contribution >= 0.6 is 0 Å². The highest BCUT2D eigenvalue weighted by atomic mass is 16.5. The van der Waals surface area contributed by atoms with E-state index in [1.54, 1.807) is 0 Å². The minimum Gasteiger partial charge on any atom is -0.508 e. The normalized spacial score (nSPS) is 11.5. The third-order valence-corrected chi connectivity index (χ3v) is 5.20. The van der Waals surface area contributed by atoms with E-state index in [1.807, 2.05) is 20.8 Å². The second kappa shape index (κ2) is 11.8. The highest BCUT2D eigenvalue weighted by Crippen LogP contribution is 2.41. The summed E-state index contributed by atoms with van der Waals surface area (Å²) in [4.78, 5) is 12.9. The van der Waals surface area contributed by atoms with E-state index >= 15 is 0 Å². The Morgan fingerprint density at radius 2 is 1.76 bits per heavy atom. The number of phenols is 4. The van der Waals surface area contributed by atoms with E-state index in [9.17, 15) is 25.2 Å². The van der Waals surface area contributed by atoms with Crippen LogP contribution in [-0.4, -0.2) is 38.8 Å². The van der Waals surface area contributed by atoms with Crippen molar-refractivity contribution in [3.8, 4) is 28.7 Å². The zero-order valence-electron chi connectivity index (χ0n) is 19.3. The van der Waals surface area contributed by atoms with Gasteiger partial charge in [0.1, 0.15) is 34.3 Å². The summed E-state index contributed by atoms with van der Waals surface area (Å²) in [5, 5.41) is 40.8. The Kier molecular flexibility index (Phi) is 9.75. The Balaban J connectivity index is 0.00000544. The largest absolute Gasteiger partial charge is 0.508 e. The van der Waals surface area contributed by atoms with Crippen molar-refractivity contribution in [2.45, 2.75) is 33.6 Å². The van der Waals surface area contributed by atoms with E-state index in [0.29, 0.717) is 18.4 Å². The lowest BCUT2D eigenvalue weighted by Crippen LogP contribution is -2.08. The predicted octanol–water partition coefficient (Wildman–Crippen LogP) is 4.68. The molecular weight excluding hydrogens is 424 g/mol. The molecule has 0 fully saturated rings. The number of benzene rings is 2. The minimum absolute atomic E-state index is 0. The van der Waals surface area contributed by atoms with E-state index in [1.165, 1.54) is 37.5 Å². The number of aromatic hydroxyl groups is 4. The summed E-state index contributed by atoms with van der Waals surface area (Å²) >= 11 is 0. The van der Waals surface area contributed by atoms with Gasteiger partial charge in [-0.05, 0) is 63.8 Å². The number of phenolic OH excluding ortho intramolecular Hbond substituents is 4. The van der Waals surface area contributed by atoms with Crippen LogP contribution in [0.4, 0.5) is 0 Å². The summed E-state index contributed by atoms with van der Waals surface area (Å²) in [6, 6.07) is 5.30. The fourth-order valence-corrected chi connectivity index (χ4v) is 3.28. The molecule has 2 rings (SSSR count). The standard InChI is InChI=1S/C26H30O6.H2O/c1-15(2)6-7-18(16(3)4)12-20-23(30)14-24(32-5)25(26(20)31)21(28)11-9-17-8-10-19(27)13-22(17)29;/h6,8-11,13-14,18,27,29-31H,3,7,12H2,1-2,4-5H3;1H2/b11-9+;. The molecule has 0 aliphatic heterocycles. The maximum absolute atomic E-state index is 12.9. The molecule has 0 radical (unpaired) electrons. The molecule has 7 nitrogen and oxygen atoms in total. The fourth-order valence-electron chi connectivity index (χ4n) is 3.28. The van der Waals surface area contributed by atoms with Crippen LogP contribution in [0.5, 0.6) is 28.7 Å². The van der Waals surface area contributed by atoms with Gasteiger partial charge < -0.3 is 30.6 Å². The molecule has 2 aromatic carbocycles. The van der Waals surface area contributed by atoms with Crippen molar-refractivity contribution in [1.29, 1.82) is 0 Å². The van der Waals surface area contributed by atoms with Crippen LogP contribution in [0.2, 0.25) is 0 Å². The van der Waals surface area contributed by atoms with E-state index in [4.69, 9.17) is 4.74 Å². The quantitative estimate of drug-likeness (QED) is 0.245. The number of carbonyl (C=O) groups is 1. The number of rotatable bonds is 9. The van der Waals surface area contributed by atoms with Gasteiger partial charge in [-0.3, -0.25) is 4.79 Å². The summed E-state index contributed by atoms with van der Waals surface area (Å²) in [5.41, 5.74) is 2.52. The molecule has 1 unspecified atom stereocenters. The predicted molar refractivity (Wildman–Crippen MR) is 129 cm³/mol. The molecule has 0 spiro atoms. The lowest BCUT2D eigenvalue weighted by molar-refractivity contribution is 0.104. The number of carbonyl (C=O) groups excluding carboxylic acids is 1. The molecule has 7 heteroatoms. The molecule has 0 heterocycles. The van der Waals surface area contributed by atoms with Crippen molar-refractivity contribution >= 4 is 11.9 Å². The first kappa shape index (κ1) is 27.3. The van der Waals surface area contributed by atoms with E-state index < -0.39 is 5.78 Å². The first-order valence-corrected chi connectivity index (χ1v) is 10.2. The van der Waals surface area contributed by atoms with Gasteiger partial charge in [0.05, 0.1) is 7.11 Å². The number of allylic oxidation sites excluding steroid dienone is 4. The van der Waals surface area contributed by atoms with Crippen molar-refractivity contribution < 1.29 is 35.4 Å². The van der Waals surface area contributed by atoms with Gasteiger partial charge in [-0.2, -0.15) is 0 Å². The van der Waals surface area contributed by atoms with Crippen LogP contribution < -0.4 is 4.74 Å². The Labute approximate surface area is 193 Å². The molecule has 0 amide bonds. The first-order valence-electron chi connectivity index (χ1n) is 10.2.